The number of thiol groups is 1. The molecule has 0 saturated heterocycles. The SMILES string of the molecule is Sc1c(CBr)ccc2scc(Br)c12. The summed E-state index contributed by atoms with van der Waals surface area (Å²) in [5.74, 6) is 0. The molecule has 0 N–H and O–H groups in total. The third-order valence-electron chi connectivity index (χ3n) is 1.90. The monoisotopic (exact) mass is 336 g/mol. The summed E-state index contributed by atoms with van der Waals surface area (Å²) < 4.78 is 2.42. The summed E-state index contributed by atoms with van der Waals surface area (Å²) in [5.41, 5.74) is 1.23. The Balaban J connectivity index is 2.83. The number of halogens is 2. The van der Waals surface area contributed by atoms with Crippen molar-refractivity contribution in [1.29, 1.82) is 0 Å². The van der Waals surface area contributed by atoms with E-state index in [1.165, 1.54) is 15.6 Å². The predicted molar refractivity (Wildman–Crippen MR) is 69.4 cm³/mol. The minimum absolute atomic E-state index is 0.851. The molecule has 0 radical (unpaired) electrons. The lowest BCUT2D eigenvalue weighted by Crippen LogP contribution is -1.80. The number of hydrogen-bond acceptors (Lipinski definition) is 2. The Morgan fingerprint density at radius 2 is 2.15 bits per heavy atom. The van der Waals surface area contributed by atoms with E-state index in [0.29, 0.717) is 0 Å². The first-order valence-corrected chi connectivity index (χ1v) is 6.91. The second-order valence-electron chi connectivity index (χ2n) is 2.66. The summed E-state index contributed by atoms with van der Waals surface area (Å²) in [5, 5.41) is 4.18. The van der Waals surface area contributed by atoms with Gasteiger partial charge in [-0.1, -0.05) is 22.0 Å². The van der Waals surface area contributed by atoms with Crippen molar-refractivity contribution in [3.8, 4) is 0 Å². The van der Waals surface area contributed by atoms with Crippen LogP contribution < -0.4 is 0 Å². The highest BCUT2D eigenvalue weighted by Crippen LogP contribution is 2.36. The normalized spacial score (nSPS) is 11.0. The van der Waals surface area contributed by atoms with Crippen molar-refractivity contribution in [1.82, 2.24) is 0 Å². The standard InChI is InChI=1S/C9H6Br2S2/c10-3-5-1-2-7-8(9(5)12)6(11)4-13-7/h1-2,4,12H,3H2. The maximum absolute atomic E-state index is 4.53. The molecule has 0 unspecified atom stereocenters. The molecule has 2 rings (SSSR count). The lowest BCUT2D eigenvalue weighted by atomic mass is 10.2. The molecule has 0 amide bonds. The molecule has 68 valence electrons. The zero-order valence-electron chi connectivity index (χ0n) is 6.55. The molecular formula is C9H6Br2S2. The van der Waals surface area contributed by atoms with E-state index in [1.54, 1.807) is 11.3 Å². The Bertz CT molecular complexity index is 448. The fourth-order valence-electron chi connectivity index (χ4n) is 1.23. The van der Waals surface area contributed by atoms with Crippen LogP contribution in [-0.2, 0) is 5.33 Å². The van der Waals surface area contributed by atoms with Crippen LogP contribution in [0.15, 0.2) is 26.9 Å². The van der Waals surface area contributed by atoms with E-state index >= 15 is 0 Å². The van der Waals surface area contributed by atoms with Crippen molar-refractivity contribution in [3.63, 3.8) is 0 Å². The van der Waals surface area contributed by atoms with E-state index in [2.05, 4.69) is 62.0 Å². The Morgan fingerprint density at radius 1 is 1.38 bits per heavy atom. The third kappa shape index (κ3) is 1.69. The van der Waals surface area contributed by atoms with E-state index in [0.717, 1.165) is 14.7 Å². The molecule has 2 aromatic rings. The number of hydrogen-bond donors (Lipinski definition) is 1. The lowest BCUT2D eigenvalue weighted by molar-refractivity contribution is 1.34. The molecule has 1 aromatic heterocycles. The van der Waals surface area contributed by atoms with E-state index < -0.39 is 0 Å². The Labute approximate surface area is 103 Å². The van der Waals surface area contributed by atoms with Gasteiger partial charge in [0.15, 0.2) is 0 Å². The summed E-state index contributed by atoms with van der Waals surface area (Å²) in [4.78, 5) is 1.07. The Hall–Kier alpha value is 0.490. The Kier molecular flexibility index (Phi) is 3.03. The molecule has 4 heteroatoms. The van der Waals surface area contributed by atoms with Gasteiger partial charge in [-0.25, -0.2) is 0 Å². The summed E-state index contributed by atoms with van der Waals surface area (Å²) in [6.45, 7) is 0. The fourth-order valence-corrected chi connectivity index (χ4v) is 4.18. The minimum Gasteiger partial charge on any atom is -0.143 e. The smallest absolute Gasteiger partial charge is 0.0372 e. The van der Waals surface area contributed by atoms with E-state index in [-0.39, 0.29) is 0 Å². The second-order valence-corrected chi connectivity index (χ2v) is 5.44. The van der Waals surface area contributed by atoms with Gasteiger partial charge in [-0.05, 0) is 27.6 Å². The molecule has 0 atom stereocenters. The summed E-state index contributed by atoms with van der Waals surface area (Å²) in [7, 11) is 0. The van der Waals surface area contributed by atoms with Gasteiger partial charge in [0.1, 0.15) is 0 Å². The molecule has 0 spiro atoms. The molecule has 0 aliphatic heterocycles. The average Bonchev–Trinajstić information content (AvgIpc) is 2.49. The van der Waals surface area contributed by atoms with Gasteiger partial charge in [0.25, 0.3) is 0 Å². The van der Waals surface area contributed by atoms with Gasteiger partial charge in [0.2, 0.25) is 0 Å². The maximum Gasteiger partial charge on any atom is 0.0372 e. The van der Waals surface area contributed by atoms with Crippen LogP contribution in [0.3, 0.4) is 0 Å². The van der Waals surface area contributed by atoms with Crippen LogP contribution in [0.4, 0.5) is 0 Å². The van der Waals surface area contributed by atoms with Gasteiger partial charge in [-0.15, -0.1) is 24.0 Å². The van der Waals surface area contributed by atoms with Crippen molar-refractivity contribution >= 4 is 65.9 Å². The molecule has 1 aromatic carbocycles. The molecule has 13 heavy (non-hydrogen) atoms. The zero-order chi connectivity index (χ0) is 9.42. The molecule has 0 saturated carbocycles. The predicted octanol–water partition coefficient (Wildman–Crippen LogP) is 4.85. The maximum atomic E-state index is 4.53. The summed E-state index contributed by atoms with van der Waals surface area (Å²) >= 11 is 13.2. The fraction of sp³-hybridized carbons (Fsp3) is 0.111. The van der Waals surface area contributed by atoms with Crippen LogP contribution in [-0.4, -0.2) is 0 Å². The van der Waals surface area contributed by atoms with Crippen LogP contribution in [0.2, 0.25) is 0 Å². The van der Waals surface area contributed by atoms with Gasteiger partial charge < -0.3 is 0 Å². The molecule has 0 bridgehead atoms. The van der Waals surface area contributed by atoms with Crippen LogP contribution in [0.25, 0.3) is 10.1 Å². The van der Waals surface area contributed by atoms with E-state index in [4.69, 9.17) is 0 Å². The van der Waals surface area contributed by atoms with Gasteiger partial charge in [0.05, 0.1) is 0 Å². The zero-order valence-corrected chi connectivity index (χ0v) is 11.4. The van der Waals surface area contributed by atoms with Gasteiger partial charge >= 0.3 is 0 Å². The van der Waals surface area contributed by atoms with Gasteiger partial charge in [-0.3, -0.25) is 0 Å². The first-order valence-electron chi connectivity index (χ1n) is 3.67. The van der Waals surface area contributed by atoms with Crippen molar-refractivity contribution in [3.05, 3.63) is 27.5 Å². The Morgan fingerprint density at radius 3 is 2.85 bits per heavy atom. The van der Waals surface area contributed by atoms with E-state index in [1.807, 2.05) is 0 Å². The second kappa shape index (κ2) is 3.93. The molecule has 0 aliphatic carbocycles. The lowest BCUT2D eigenvalue weighted by Gasteiger charge is -2.02. The quantitative estimate of drug-likeness (QED) is 0.558. The molecule has 0 aliphatic rings. The minimum atomic E-state index is 0.851. The highest BCUT2D eigenvalue weighted by Gasteiger charge is 2.07. The van der Waals surface area contributed by atoms with E-state index in [9.17, 15) is 0 Å². The number of thiophene rings is 1. The van der Waals surface area contributed by atoms with Crippen LogP contribution in [0.1, 0.15) is 5.56 Å². The number of rotatable bonds is 1. The van der Waals surface area contributed by atoms with Crippen LogP contribution >= 0.6 is 55.8 Å². The number of fused-ring (bicyclic) bond motifs is 1. The first kappa shape index (κ1) is 10.0. The molecule has 0 nitrogen and oxygen atoms in total. The molecular weight excluding hydrogens is 332 g/mol. The summed E-state index contributed by atoms with van der Waals surface area (Å²) in [6.07, 6.45) is 0. The van der Waals surface area contributed by atoms with Crippen molar-refractivity contribution < 1.29 is 0 Å². The first-order chi connectivity index (χ1) is 6.24. The van der Waals surface area contributed by atoms with Gasteiger partial charge in [0, 0.05) is 30.2 Å². The highest BCUT2D eigenvalue weighted by atomic mass is 79.9. The average molecular weight is 338 g/mol. The third-order valence-corrected chi connectivity index (χ3v) is 4.89. The van der Waals surface area contributed by atoms with Crippen molar-refractivity contribution in [2.24, 2.45) is 0 Å². The van der Waals surface area contributed by atoms with Crippen molar-refractivity contribution in [2.75, 3.05) is 0 Å². The van der Waals surface area contributed by atoms with Crippen LogP contribution in [0.5, 0.6) is 0 Å². The van der Waals surface area contributed by atoms with Gasteiger partial charge in [-0.2, -0.15) is 0 Å². The molecule has 1 heterocycles. The number of alkyl halides is 1. The summed E-state index contributed by atoms with van der Waals surface area (Å²) in [6, 6.07) is 4.25. The number of benzene rings is 1. The van der Waals surface area contributed by atoms with Crippen LogP contribution in [0, 0.1) is 0 Å². The molecule has 0 fully saturated rings. The highest BCUT2D eigenvalue weighted by molar-refractivity contribution is 9.10. The topological polar surface area (TPSA) is 0 Å². The largest absolute Gasteiger partial charge is 0.143 e. The van der Waals surface area contributed by atoms with Crippen molar-refractivity contribution in [2.45, 2.75) is 10.2 Å².